The van der Waals surface area contributed by atoms with Gasteiger partial charge >= 0.3 is 0 Å². The standard InChI is InChI=1S/C10H16IN3O2/c1-4-10(3,16)5-12-9(15)7-6(2)13-14-8(7)11/h16H,4-5H2,1-3H3,(H,12,15)(H,13,14). The molecule has 90 valence electrons. The summed E-state index contributed by atoms with van der Waals surface area (Å²) < 4.78 is 0.642. The Kier molecular flexibility index (Phi) is 4.31. The molecule has 0 aromatic carbocycles. The highest BCUT2D eigenvalue weighted by atomic mass is 127. The lowest BCUT2D eigenvalue weighted by Crippen LogP contribution is -2.40. The molecule has 3 N–H and O–H groups in total. The molecule has 0 aliphatic rings. The topological polar surface area (TPSA) is 78.0 Å². The van der Waals surface area contributed by atoms with E-state index in [1.54, 1.807) is 13.8 Å². The number of carbonyl (C=O) groups is 1. The highest BCUT2D eigenvalue weighted by Crippen LogP contribution is 2.13. The monoisotopic (exact) mass is 337 g/mol. The van der Waals surface area contributed by atoms with Crippen molar-refractivity contribution in [2.45, 2.75) is 32.8 Å². The number of aromatic amines is 1. The number of aromatic nitrogens is 2. The van der Waals surface area contributed by atoms with Crippen molar-refractivity contribution < 1.29 is 9.90 Å². The van der Waals surface area contributed by atoms with Crippen LogP contribution in [0.2, 0.25) is 0 Å². The summed E-state index contributed by atoms with van der Waals surface area (Å²) in [5.41, 5.74) is 0.421. The normalized spacial score (nSPS) is 14.6. The molecular weight excluding hydrogens is 321 g/mol. The fraction of sp³-hybridized carbons (Fsp3) is 0.600. The zero-order valence-electron chi connectivity index (χ0n) is 9.59. The molecule has 5 nitrogen and oxygen atoms in total. The minimum absolute atomic E-state index is 0.204. The highest BCUT2D eigenvalue weighted by molar-refractivity contribution is 14.1. The Labute approximate surface area is 108 Å². The second-order valence-electron chi connectivity index (χ2n) is 4.05. The summed E-state index contributed by atoms with van der Waals surface area (Å²) in [6.07, 6.45) is 0.592. The summed E-state index contributed by atoms with van der Waals surface area (Å²) in [4.78, 5) is 11.8. The van der Waals surface area contributed by atoms with Crippen LogP contribution >= 0.6 is 22.6 Å². The number of nitrogens with one attached hydrogen (secondary N) is 2. The van der Waals surface area contributed by atoms with Crippen molar-refractivity contribution in [3.63, 3.8) is 0 Å². The van der Waals surface area contributed by atoms with Gasteiger partial charge in [0.2, 0.25) is 0 Å². The van der Waals surface area contributed by atoms with Crippen LogP contribution in [-0.4, -0.2) is 33.4 Å². The summed E-state index contributed by atoms with van der Waals surface area (Å²) in [5, 5.41) is 19.2. The molecule has 1 unspecified atom stereocenters. The van der Waals surface area contributed by atoms with Gasteiger partial charge in [0.25, 0.3) is 5.91 Å². The Bertz CT molecular complexity index is 368. The van der Waals surface area contributed by atoms with Gasteiger partial charge in [0.05, 0.1) is 11.2 Å². The minimum Gasteiger partial charge on any atom is -0.388 e. The zero-order chi connectivity index (χ0) is 12.3. The SMILES string of the molecule is CCC(C)(O)CNC(=O)c1c(I)n[nH]c1C. The van der Waals surface area contributed by atoms with Gasteiger partial charge in [-0.3, -0.25) is 9.89 Å². The summed E-state index contributed by atoms with van der Waals surface area (Å²) in [6, 6.07) is 0. The molecule has 6 heteroatoms. The maximum Gasteiger partial charge on any atom is 0.255 e. The Morgan fingerprint density at radius 1 is 1.69 bits per heavy atom. The first-order valence-corrected chi connectivity index (χ1v) is 6.16. The molecule has 1 heterocycles. The van der Waals surface area contributed by atoms with E-state index in [0.717, 1.165) is 5.69 Å². The van der Waals surface area contributed by atoms with Crippen molar-refractivity contribution in [2.75, 3.05) is 6.54 Å². The Balaban J connectivity index is 2.67. The fourth-order valence-corrected chi connectivity index (χ4v) is 1.92. The Morgan fingerprint density at radius 3 is 2.75 bits per heavy atom. The van der Waals surface area contributed by atoms with Crippen molar-refractivity contribution in [3.05, 3.63) is 15.0 Å². The van der Waals surface area contributed by atoms with Gasteiger partial charge in [0, 0.05) is 12.2 Å². The number of H-pyrrole nitrogens is 1. The van der Waals surface area contributed by atoms with E-state index in [2.05, 4.69) is 15.5 Å². The predicted molar refractivity (Wildman–Crippen MR) is 69.3 cm³/mol. The molecule has 0 aliphatic carbocycles. The minimum atomic E-state index is -0.862. The average Bonchev–Trinajstić information content (AvgIpc) is 2.55. The first-order chi connectivity index (χ1) is 7.37. The molecule has 1 amide bonds. The van der Waals surface area contributed by atoms with E-state index in [0.29, 0.717) is 15.7 Å². The smallest absolute Gasteiger partial charge is 0.255 e. The van der Waals surface area contributed by atoms with Crippen LogP contribution in [0.4, 0.5) is 0 Å². The second-order valence-corrected chi connectivity index (χ2v) is 5.07. The first-order valence-electron chi connectivity index (χ1n) is 5.08. The van der Waals surface area contributed by atoms with Gasteiger partial charge in [-0.15, -0.1) is 0 Å². The van der Waals surface area contributed by atoms with Gasteiger partial charge in [-0.2, -0.15) is 5.10 Å². The van der Waals surface area contributed by atoms with Gasteiger partial charge in [0.1, 0.15) is 3.70 Å². The number of aliphatic hydroxyl groups is 1. The number of rotatable bonds is 4. The van der Waals surface area contributed by atoms with Gasteiger partial charge in [-0.05, 0) is 42.9 Å². The quantitative estimate of drug-likeness (QED) is 0.723. The number of aryl methyl sites for hydroxylation is 1. The number of carbonyl (C=O) groups excluding carboxylic acids is 1. The van der Waals surface area contributed by atoms with Crippen molar-refractivity contribution in [1.29, 1.82) is 0 Å². The molecule has 1 atom stereocenters. The van der Waals surface area contributed by atoms with E-state index in [9.17, 15) is 9.90 Å². The third kappa shape index (κ3) is 3.18. The largest absolute Gasteiger partial charge is 0.388 e. The maximum absolute atomic E-state index is 11.8. The van der Waals surface area contributed by atoms with Crippen LogP contribution in [0.1, 0.15) is 36.3 Å². The third-order valence-corrected chi connectivity index (χ3v) is 3.30. The average molecular weight is 337 g/mol. The second kappa shape index (κ2) is 5.13. The predicted octanol–water partition coefficient (Wildman–Crippen LogP) is 1.21. The molecule has 0 spiro atoms. The molecule has 0 saturated carbocycles. The molecular formula is C10H16IN3O2. The zero-order valence-corrected chi connectivity index (χ0v) is 11.8. The van der Waals surface area contributed by atoms with Gasteiger partial charge in [-0.1, -0.05) is 6.92 Å². The van der Waals surface area contributed by atoms with E-state index < -0.39 is 5.60 Å². The summed E-state index contributed by atoms with van der Waals surface area (Å²) in [6.45, 7) is 5.60. The number of hydrogen-bond acceptors (Lipinski definition) is 3. The van der Waals surface area contributed by atoms with Gasteiger partial charge in [0.15, 0.2) is 0 Å². The van der Waals surface area contributed by atoms with Crippen LogP contribution in [0.5, 0.6) is 0 Å². The molecule has 1 rings (SSSR count). The van der Waals surface area contributed by atoms with E-state index in [4.69, 9.17) is 0 Å². The Morgan fingerprint density at radius 2 is 2.31 bits per heavy atom. The fourth-order valence-electron chi connectivity index (χ4n) is 1.15. The van der Waals surface area contributed by atoms with Crippen LogP contribution < -0.4 is 5.32 Å². The summed E-state index contributed by atoms with van der Waals surface area (Å²) >= 11 is 2.00. The number of halogens is 1. The van der Waals surface area contributed by atoms with E-state index in [1.165, 1.54) is 0 Å². The van der Waals surface area contributed by atoms with E-state index >= 15 is 0 Å². The molecule has 16 heavy (non-hydrogen) atoms. The van der Waals surface area contributed by atoms with E-state index in [-0.39, 0.29) is 12.5 Å². The maximum atomic E-state index is 11.8. The van der Waals surface area contributed by atoms with Crippen molar-refractivity contribution >= 4 is 28.5 Å². The van der Waals surface area contributed by atoms with Crippen LogP contribution in [0.25, 0.3) is 0 Å². The van der Waals surface area contributed by atoms with Crippen LogP contribution in [0, 0.1) is 10.6 Å². The lowest BCUT2D eigenvalue weighted by Gasteiger charge is -2.21. The van der Waals surface area contributed by atoms with Crippen molar-refractivity contribution in [1.82, 2.24) is 15.5 Å². The van der Waals surface area contributed by atoms with Crippen LogP contribution in [-0.2, 0) is 0 Å². The lowest BCUT2D eigenvalue weighted by atomic mass is 10.0. The van der Waals surface area contributed by atoms with E-state index in [1.807, 2.05) is 29.5 Å². The number of hydrogen-bond donors (Lipinski definition) is 3. The molecule has 0 radical (unpaired) electrons. The molecule has 1 aromatic heterocycles. The Hall–Kier alpha value is -0.630. The van der Waals surface area contributed by atoms with Gasteiger partial charge < -0.3 is 10.4 Å². The summed E-state index contributed by atoms with van der Waals surface area (Å²) in [7, 11) is 0. The van der Waals surface area contributed by atoms with Crippen molar-refractivity contribution in [3.8, 4) is 0 Å². The van der Waals surface area contributed by atoms with Crippen molar-refractivity contribution in [2.24, 2.45) is 0 Å². The molecule has 0 bridgehead atoms. The van der Waals surface area contributed by atoms with Crippen LogP contribution in [0.15, 0.2) is 0 Å². The first kappa shape index (κ1) is 13.4. The third-order valence-electron chi connectivity index (χ3n) is 2.52. The number of amides is 1. The summed E-state index contributed by atoms with van der Waals surface area (Å²) in [5.74, 6) is -0.204. The lowest BCUT2D eigenvalue weighted by molar-refractivity contribution is 0.0518. The highest BCUT2D eigenvalue weighted by Gasteiger charge is 2.21. The van der Waals surface area contributed by atoms with Gasteiger partial charge in [-0.25, -0.2) is 0 Å². The molecule has 0 fully saturated rings. The van der Waals surface area contributed by atoms with Crippen LogP contribution in [0.3, 0.4) is 0 Å². The number of nitrogens with zero attached hydrogens (tertiary/aromatic N) is 1. The molecule has 0 aliphatic heterocycles. The molecule has 0 saturated heterocycles. The molecule has 1 aromatic rings.